The van der Waals surface area contributed by atoms with Crippen LogP contribution in [-0.4, -0.2) is 60.6 Å². The summed E-state index contributed by atoms with van der Waals surface area (Å²) in [5.74, 6) is -0.440. The lowest BCUT2D eigenvalue weighted by Crippen LogP contribution is -2.35. The van der Waals surface area contributed by atoms with Gasteiger partial charge < -0.3 is 24.4 Å². The Morgan fingerprint density at radius 2 is 1.80 bits per heavy atom. The number of amides is 1. The third kappa shape index (κ3) is 3.52. The number of hydrogen-bond donors (Lipinski definition) is 1. The molecular weight excluding hydrogens is 384 g/mol. The molecule has 7 nitrogen and oxygen atoms in total. The van der Waals surface area contributed by atoms with Gasteiger partial charge in [0.2, 0.25) is 6.79 Å². The second-order valence-electron chi connectivity index (χ2n) is 7.77. The molecule has 1 atom stereocenters. The fraction of sp³-hybridized carbons (Fsp3) is 0.304. The monoisotopic (exact) mass is 408 g/mol. The van der Waals surface area contributed by atoms with Crippen molar-refractivity contribution in [2.75, 3.05) is 34.0 Å². The Labute approximate surface area is 175 Å². The Kier molecular flexibility index (Phi) is 5.22. The molecule has 1 fully saturated rings. The first-order valence-corrected chi connectivity index (χ1v) is 9.76. The fourth-order valence-corrected chi connectivity index (χ4v) is 3.71. The number of likely N-dealkylation sites (tertiary alicyclic amines) is 1. The number of benzene rings is 2. The molecule has 0 aromatic heterocycles. The molecular formula is C23H24N2O5. The number of ketones is 1. The number of likely N-dealkylation sites (N-methyl/N-ethyl adjacent to an activating group) is 1. The normalized spacial score (nSPS) is 19.7. The van der Waals surface area contributed by atoms with Crippen molar-refractivity contribution in [1.82, 2.24) is 9.80 Å². The molecule has 1 saturated heterocycles. The molecule has 2 aromatic rings. The molecule has 1 N–H and O–H groups in total. The van der Waals surface area contributed by atoms with E-state index in [4.69, 9.17) is 9.47 Å². The smallest absolute Gasteiger partial charge is 0.295 e. The molecule has 0 radical (unpaired) electrons. The first-order chi connectivity index (χ1) is 14.4. The van der Waals surface area contributed by atoms with Crippen molar-refractivity contribution >= 4 is 17.4 Å². The van der Waals surface area contributed by atoms with Gasteiger partial charge in [0.1, 0.15) is 5.76 Å². The Morgan fingerprint density at radius 1 is 1.10 bits per heavy atom. The Morgan fingerprint density at radius 3 is 2.50 bits per heavy atom. The zero-order chi connectivity index (χ0) is 21.4. The van der Waals surface area contributed by atoms with E-state index in [1.807, 2.05) is 50.2 Å². The maximum atomic E-state index is 13.0. The number of aliphatic hydroxyl groups is 1. The fourth-order valence-electron chi connectivity index (χ4n) is 3.71. The van der Waals surface area contributed by atoms with Crippen LogP contribution < -0.4 is 9.47 Å². The summed E-state index contributed by atoms with van der Waals surface area (Å²) < 4.78 is 10.7. The van der Waals surface area contributed by atoms with Crippen molar-refractivity contribution in [1.29, 1.82) is 0 Å². The largest absolute Gasteiger partial charge is 0.507 e. The summed E-state index contributed by atoms with van der Waals surface area (Å²) in [4.78, 5) is 29.3. The predicted octanol–water partition coefficient (Wildman–Crippen LogP) is 2.71. The zero-order valence-corrected chi connectivity index (χ0v) is 17.2. The summed E-state index contributed by atoms with van der Waals surface area (Å²) in [6.07, 6.45) is 0. The van der Waals surface area contributed by atoms with Crippen molar-refractivity contribution < 1.29 is 24.2 Å². The van der Waals surface area contributed by atoms with E-state index < -0.39 is 17.7 Å². The minimum atomic E-state index is -0.686. The quantitative estimate of drug-likeness (QED) is 0.466. The van der Waals surface area contributed by atoms with Gasteiger partial charge in [-0.1, -0.05) is 29.8 Å². The third-order valence-electron chi connectivity index (χ3n) is 5.37. The summed E-state index contributed by atoms with van der Waals surface area (Å²) in [6.45, 7) is 3.05. The van der Waals surface area contributed by atoms with Crippen LogP contribution >= 0.6 is 0 Å². The minimum absolute atomic E-state index is 0.0847. The summed E-state index contributed by atoms with van der Waals surface area (Å²) in [5, 5.41) is 11.1. The molecule has 0 bridgehead atoms. The van der Waals surface area contributed by atoms with Gasteiger partial charge in [0.05, 0.1) is 11.6 Å². The average Bonchev–Trinajstić information content (AvgIpc) is 3.29. The summed E-state index contributed by atoms with van der Waals surface area (Å²) in [7, 11) is 3.81. The van der Waals surface area contributed by atoms with Crippen molar-refractivity contribution in [3.05, 3.63) is 64.7 Å². The van der Waals surface area contributed by atoms with Crippen LogP contribution in [0.5, 0.6) is 11.5 Å². The number of ether oxygens (including phenoxy) is 2. The van der Waals surface area contributed by atoms with Gasteiger partial charge in [-0.25, -0.2) is 0 Å². The molecule has 2 aromatic carbocycles. The maximum Gasteiger partial charge on any atom is 0.295 e. The van der Waals surface area contributed by atoms with Crippen LogP contribution in [-0.2, 0) is 9.59 Å². The van der Waals surface area contributed by atoms with Gasteiger partial charge in [0, 0.05) is 18.7 Å². The van der Waals surface area contributed by atoms with E-state index in [1.165, 1.54) is 4.90 Å². The number of fused-ring (bicyclic) bond motifs is 1. The molecule has 1 unspecified atom stereocenters. The Bertz CT molecular complexity index is 1030. The van der Waals surface area contributed by atoms with Gasteiger partial charge in [-0.05, 0) is 44.8 Å². The van der Waals surface area contributed by atoms with E-state index in [2.05, 4.69) is 0 Å². The second-order valence-corrected chi connectivity index (χ2v) is 7.77. The number of carbonyl (C=O) groups is 2. The number of Topliss-reactive ketones (excluding diaryl/α,β-unsaturated/α-hetero) is 1. The molecule has 2 heterocycles. The van der Waals surface area contributed by atoms with E-state index in [-0.39, 0.29) is 18.1 Å². The zero-order valence-electron chi connectivity index (χ0n) is 17.2. The minimum Gasteiger partial charge on any atom is -0.507 e. The number of aliphatic hydroxyl groups excluding tert-OH is 1. The number of nitrogens with zero attached hydrogens (tertiary/aromatic N) is 2. The van der Waals surface area contributed by atoms with E-state index >= 15 is 0 Å². The van der Waals surface area contributed by atoms with Gasteiger partial charge in [-0.15, -0.1) is 0 Å². The first-order valence-electron chi connectivity index (χ1n) is 9.76. The molecule has 4 rings (SSSR count). The lowest BCUT2D eigenvalue weighted by atomic mass is 9.94. The predicted molar refractivity (Wildman–Crippen MR) is 111 cm³/mol. The molecule has 0 aliphatic carbocycles. The topological polar surface area (TPSA) is 79.3 Å². The number of hydrogen-bond acceptors (Lipinski definition) is 6. The van der Waals surface area contributed by atoms with Gasteiger partial charge in [0.25, 0.3) is 11.7 Å². The molecule has 2 aliphatic heterocycles. The number of aryl methyl sites for hydroxylation is 1. The standard InChI is InChI=1S/C23H24N2O5/c1-14-4-6-15(7-5-14)20-19(22(27)23(28)25(20)11-10-24(2)3)21(26)16-8-9-17-18(12-16)30-13-29-17/h4-9,12,20,26H,10-11,13H2,1-3H3/b21-19+. The van der Waals surface area contributed by atoms with Crippen molar-refractivity contribution in [2.45, 2.75) is 13.0 Å². The highest BCUT2D eigenvalue weighted by molar-refractivity contribution is 6.46. The molecule has 2 aliphatic rings. The lowest BCUT2D eigenvalue weighted by molar-refractivity contribution is -0.140. The highest BCUT2D eigenvalue weighted by Gasteiger charge is 2.45. The van der Waals surface area contributed by atoms with Crippen molar-refractivity contribution in [3.63, 3.8) is 0 Å². The number of carbonyl (C=O) groups excluding carboxylic acids is 2. The van der Waals surface area contributed by atoms with Crippen LogP contribution in [0.4, 0.5) is 0 Å². The van der Waals surface area contributed by atoms with Gasteiger partial charge in [-0.3, -0.25) is 9.59 Å². The number of rotatable bonds is 5. The lowest BCUT2D eigenvalue weighted by Gasteiger charge is -2.26. The van der Waals surface area contributed by atoms with Crippen molar-refractivity contribution in [2.24, 2.45) is 0 Å². The van der Waals surface area contributed by atoms with E-state index in [9.17, 15) is 14.7 Å². The SMILES string of the molecule is Cc1ccc(C2/C(=C(\O)c3ccc4c(c3)OCO4)C(=O)C(=O)N2CCN(C)C)cc1. The van der Waals surface area contributed by atoms with E-state index in [1.54, 1.807) is 18.2 Å². The molecule has 7 heteroatoms. The van der Waals surface area contributed by atoms with Crippen LogP contribution in [0, 0.1) is 6.92 Å². The van der Waals surface area contributed by atoms with Crippen LogP contribution in [0.2, 0.25) is 0 Å². The molecule has 0 saturated carbocycles. The van der Waals surface area contributed by atoms with Crippen LogP contribution in [0.15, 0.2) is 48.0 Å². The molecule has 156 valence electrons. The van der Waals surface area contributed by atoms with Crippen LogP contribution in [0.3, 0.4) is 0 Å². The Balaban J connectivity index is 1.82. The first kappa shape index (κ1) is 20.0. The molecule has 1 amide bonds. The highest BCUT2D eigenvalue weighted by atomic mass is 16.7. The summed E-state index contributed by atoms with van der Waals surface area (Å²) >= 11 is 0. The van der Waals surface area contributed by atoms with Crippen LogP contribution in [0.25, 0.3) is 5.76 Å². The highest BCUT2D eigenvalue weighted by Crippen LogP contribution is 2.41. The maximum absolute atomic E-state index is 13.0. The molecule has 0 spiro atoms. The van der Waals surface area contributed by atoms with Gasteiger partial charge >= 0.3 is 0 Å². The van der Waals surface area contributed by atoms with Gasteiger partial charge in [0.15, 0.2) is 11.5 Å². The van der Waals surface area contributed by atoms with Crippen LogP contribution in [0.1, 0.15) is 22.7 Å². The van der Waals surface area contributed by atoms with Crippen molar-refractivity contribution in [3.8, 4) is 11.5 Å². The molecule has 30 heavy (non-hydrogen) atoms. The summed E-state index contributed by atoms with van der Waals surface area (Å²) in [5.41, 5.74) is 2.34. The Hall–Kier alpha value is -3.32. The van der Waals surface area contributed by atoms with E-state index in [0.29, 0.717) is 30.2 Å². The van der Waals surface area contributed by atoms with Gasteiger partial charge in [-0.2, -0.15) is 0 Å². The summed E-state index contributed by atoms with van der Waals surface area (Å²) in [6, 6.07) is 11.9. The second kappa shape index (κ2) is 7.84. The average molecular weight is 408 g/mol. The van der Waals surface area contributed by atoms with E-state index in [0.717, 1.165) is 11.1 Å². The third-order valence-corrected chi connectivity index (χ3v) is 5.37.